The third kappa shape index (κ3) is 3.25. The largest absolute Gasteiger partial charge is 0.393 e. The van der Waals surface area contributed by atoms with Gasteiger partial charge in [0, 0.05) is 38.4 Å². The highest BCUT2D eigenvalue weighted by Gasteiger charge is 2.41. The zero-order chi connectivity index (χ0) is 13.2. The van der Waals surface area contributed by atoms with Gasteiger partial charge in [-0.2, -0.15) is 13.2 Å². The van der Waals surface area contributed by atoms with Crippen LogP contribution in [0.2, 0.25) is 0 Å². The molecular weight excluding hydrogens is 243 g/mol. The van der Waals surface area contributed by atoms with Crippen molar-refractivity contribution in [1.82, 2.24) is 14.9 Å². The topological polar surface area (TPSA) is 29.9 Å². The summed E-state index contributed by atoms with van der Waals surface area (Å²) in [5, 5.41) is 3.00. The summed E-state index contributed by atoms with van der Waals surface area (Å²) in [7, 11) is 1.93. The molecule has 2 rings (SSSR count). The lowest BCUT2D eigenvalue weighted by Crippen LogP contribution is -2.44. The van der Waals surface area contributed by atoms with E-state index in [0.29, 0.717) is 6.42 Å². The van der Waals surface area contributed by atoms with Crippen LogP contribution in [0.15, 0.2) is 12.4 Å². The Balaban J connectivity index is 1.76. The number of aryl methyl sites for hydroxylation is 2. The van der Waals surface area contributed by atoms with Gasteiger partial charge in [-0.25, -0.2) is 4.98 Å². The van der Waals surface area contributed by atoms with Gasteiger partial charge in [0.1, 0.15) is 5.82 Å². The highest BCUT2D eigenvalue weighted by Crippen LogP contribution is 2.32. The van der Waals surface area contributed by atoms with Crippen molar-refractivity contribution in [3.63, 3.8) is 0 Å². The maximum Gasteiger partial charge on any atom is 0.393 e. The number of imidazole rings is 1. The molecule has 0 spiro atoms. The number of nitrogens with one attached hydrogen (secondary N) is 1. The number of rotatable bonds is 3. The zero-order valence-electron chi connectivity index (χ0n) is 10.4. The Morgan fingerprint density at radius 3 is 2.72 bits per heavy atom. The second-order valence-electron chi connectivity index (χ2n) is 4.91. The molecule has 6 heteroatoms. The number of hydrogen-bond donors (Lipinski definition) is 1. The third-order valence-electron chi connectivity index (χ3n) is 3.62. The summed E-state index contributed by atoms with van der Waals surface area (Å²) in [5.74, 6) is -0.198. The monoisotopic (exact) mass is 261 g/mol. The van der Waals surface area contributed by atoms with Crippen molar-refractivity contribution < 1.29 is 13.2 Å². The van der Waals surface area contributed by atoms with Gasteiger partial charge in [-0.05, 0) is 19.3 Å². The van der Waals surface area contributed by atoms with Gasteiger partial charge >= 0.3 is 6.18 Å². The molecule has 0 bridgehead atoms. The number of hydrogen-bond acceptors (Lipinski definition) is 2. The quantitative estimate of drug-likeness (QED) is 0.904. The number of halogens is 3. The second-order valence-corrected chi connectivity index (χ2v) is 4.91. The molecule has 1 aliphatic heterocycles. The fourth-order valence-electron chi connectivity index (χ4n) is 2.38. The summed E-state index contributed by atoms with van der Waals surface area (Å²) in [6.45, 7) is 0.0503. The molecule has 2 atom stereocenters. The smallest absolute Gasteiger partial charge is 0.338 e. The van der Waals surface area contributed by atoms with Crippen LogP contribution in [0.5, 0.6) is 0 Å². The zero-order valence-corrected chi connectivity index (χ0v) is 10.4. The van der Waals surface area contributed by atoms with E-state index in [0.717, 1.165) is 18.7 Å². The van der Waals surface area contributed by atoms with E-state index in [4.69, 9.17) is 0 Å². The first kappa shape index (κ1) is 13.4. The molecule has 0 amide bonds. The molecule has 0 radical (unpaired) electrons. The minimum absolute atomic E-state index is 0.0503. The fraction of sp³-hybridized carbons (Fsp3) is 0.750. The Labute approximate surface area is 104 Å². The molecule has 0 saturated carbocycles. The van der Waals surface area contributed by atoms with Gasteiger partial charge in [0.25, 0.3) is 0 Å². The number of alkyl halides is 3. The summed E-state index contributed by atoms with van der Waals surface area (Å²) < 4.78 is 39.4. The van der Waals surface area contributed by atoms with Gasteiger partial charge in [0.15, 0.2) is 0 Å². The molecule has 1 aromatic heterocycles. The van der Waals surface area contributed by atoms with Gasteiger partial charge in [-0.15, -0.1) is 0 Å². The lowest BCUT2D eigenvalue weighted by molar-refractivity contribution is -0.179. The van der Waals surface area contributed by atoms with Crippen LogP contribution in [0.25, 0.3) is 0 Å². The lowest BCUT2D eigenvalue weighted by atomic mass is 9.92. The van der Waals surface area contributed by atoms with Crippen molar-refractivity contribution in [3.05, 3.63) is 18.2 Å². The van der Waals surface area contributed by atoms with Crippen LogP contribution in [0.4, 0.5) is 13.2 Å². The van der Waals surface area contributed by atoms with Crippen LogP contribution in [-0.2, 0) is 13.5 Å². The van der Waals surface area contributed by atoms with E-state index in [9.17, 15) is 13.2 Å². The summed E-state index contributed by atoms with van der Waals surface area (Å²) in [6, 6.07) is 0.181. The maximum absolute atomic E-state index is 12.5. The molecule has 0 aliphatic carbocycles. The van der Waals surface area contributed by atoms with E-state index < -0.39 is 12.1 Å². The van der Waals surface area contributed by atoms with Crippen molar-refractivity contribution in [3.8, 4) is 0 Å². The maximum atomic E-state index is 12.5. The van der Waals surface area contributed by atoms with Crippen molar-refractivity contribution in [2.45, 2.75) is 37.9 Å². The van der Waals surface area contributed by atoms with Crippen LogP contribution in [-0.4, -0.2) is 28.3 Å². The molecule has 2 heterocycles. The Morgan fingerprint density at radius 2 is 2.22 bits per heavy atom. The van der Waals surface area contributed by atoms with Gasteiger partial charge in [0.2, 0.25) is 0 Å². The molecular formula is C12H18F3N3. The van der Waals surface area contributed by atoms with Gasteiger partial charge in [-0.3, -0.25) is 0 Å². The van der Waals surface area contributed by atoms with Crippen molar-refractivity contribution >= 4 is 0 Å². The SMILES string of the molecule is Cn1ccnc1CCC1CCC(C(F)(F)F)CN1. The molecule has 3 nitrogen and oxygen atoms in total. The molecule has 18 heavy (non-hydrogen) atoms. The number of piperidine rings is 1. The molecule has 1 aromatic rings. The van der Waals surface area contributed by atoms with Gasteiger partial charge < -0.3 is 9.88 Å². The Morgan fingerprint density at radius 1 is 1.44 bits per heavy atom. The summed E-state index contributed by atoms with van der Waals surface area (Å²) in [4.78, 5) is 4.21. The number of aromatic nitrogens is 2. The average molecular weight is 261 g/mol. The summed E-state index contributed by atoms with van der Waals surface area (Å²) in [6.07, 6.45) is 2.04. The van der Waals surface area contributed by atoms with Crippen LogP contribution < -0.4 is 5.32 Å². The highest BCUT2D eigenvalue weighted by atomic mass is 19.4. The minimum Gasteiger partial charge on any atom is -0.338 e. The van der Waals surface area contributed by atoms with Gasteiger partial charge in [-0.1, -0.05) is 0 Å². The van der Waals surface area contributed by atoms with E-state index >= 15 is 0 Å². The van der Waals surface area contributed by atoms with Gasteiger partial charge in [0.05, 0.1) is 5.92 Å². The fourth-order valence-corrected chi connectivity index (χ4v) is 2.38. The van der Waals surface area contributed by atoms with E-state index in [1.807, 2.05) is 17.8 Å². The molecule has 102 valence electrons. The molecule has 1 N–H and O–H groups in total. The standard InChI is InChI=1S/C12H18F3N3/c1-18-7-6-16-11(18)5-4-10-3-2-9(8-17-10)12(13,14)15/h6-7,9-10,17H,2-5,8H2,1H3. The van der Waals surface area contributed by atoms with Crippen molar-refractivity contribution in [1.29, 1.82) is 0 Å². The summed E-state index contributed by atoms with van der Waals surface area (Å²) >= 11 is 0. The first-order valence-electron chi connectivity index (χ1n) is 6.23. The highest BCUT2D eigenvalue weighted by molar-refractivity contribution is 4.93. The van der Waals surface area contributed by atoms with Crippen molar-refractivity contribution in [2.75, 3.05) is 6.54 Å². The lowest BCUT2D eigenvalue weighted by Gasteiger charge is -2.31. The predicted molar refractivity (Wildman–Crippen MR) is 62.1 cm³/mol. The minimum atomic E-state index is -4.06. The molecule has 2 unspecified atom stereocenters. The predicted octanol–water partition coefficient (Wildman–Crippen LogP) is 2.28. The normalized spacial score (nSPS) is 25.3. The second kappa shape index (κ2) is 5.30. The van der Waals surface area contributed by atoms with E-state index in [2.05, 4.69) is 10.3 Å². The molecule has 0 aromatic carbocycles. The third-order valence-corrected chi connectivity index (χ3v) is 3.62. The van der Waals surface area contributed by atoms with Crippen LogP contribution in [0.3, 0.4) is 0 Å². The Bertz CT molecular complexity index is 378. The van der Waals surface area contributed by atoms with Crippen molar-refractivity contribution in [2.24, 2.45) is 13.0 Å². The Hall–Kier alpha value is -1.04. The van der Waals surface area contributed by atoms with Crippen LogP contribution in [0, 0.1) is 5.92 Å². The van der Waals surface area contributed by atoms with E-state index in [1.165, 1.54) is 0 Å². The summed E-state index contributed by atoms with van der Waals surface area (Å²) in [5.41, 5.74) is 0. The Kier molecular flexibility index (Phi) is 3.94. The first-order valence-corrected chi connectivity index (χ1v) is 6.23. The molecule has 1 saturated heterocycles. The number of nitrogens with zero attached hydrogens (tertiary/aromatic N) is 2. The molecule has 1 fully saturated rings. The van der Waals surface area contributed by atoms with Crippen LogP contribution >= 0.6 is 0 Å². The first-order chi connectivity index (χ1) is 8.47. The van der Waals surface area contributed by atoms with E-state index in [1.54, 1.807) is 6.20 Å². The van der Waals surface area contributed by atoms with Crippen LogP contribution in [0.1, 0.15) is 25.1 Å². The molecule has 1 aliphatic rings. The average Bonchev–Trinajstić information content (AvgIpc) is 2.72. The van der Waals surface area contributed by atoms with E-state index in [-0.39, 0.29) is 19.0 Å².